The maximum atomic E-state index is 12.3. The van der Waals surface area contributed by atoms with Crippen molar-refractivity contribution in [3.63, 3.8) is 0 Å². The molecule has 0 unspecified atom stereocenters. The number of hydrogen-bond acceptors (Lipinski definition) is 4. The molecule has 2 aromatic carbocycles. The Morgan fingerprint density at radius 2 is 1.83 bits per heavy atom. The van der Waals surface area contributed by atoms with Crippen LogP contribution in [0.15, 0.2) is 54.6 Å². The zero-order chi connectivity index (χ0) is 16.8. The lowest BCUT2D eigenvalue weighted by molar-refractivity contribution is -0.121. The molecule has 6 nitrogen and oxygen atoms in total. The molecule has 1 amide bonds. The fourth-order valence-electron chi connectivity index (χ4n) is 2.53. The lowest BCUT2D eigenvalue weighted by atomic mass is 10.2. The van der Waals surface area contributed by atoms with Gasteiger partial charge in [0.05, 0.1) is 17.6 Å². The van der Waals surface area contributed by atoms with Gasteiger partial charge in [0.2, 0.25) is 11.9 Å². The number of anilines is 1. The third kappa shape index (κ3) is 3.72. The third-order valence-electron chi connectivity index (χ3n) is 3.68. The van der Waals surface area contributed by atoms with Gasteiger partial charge in [-0.3, -0.25) is 4.79 Å². The van der Waals surface area contributed by atoms with Crippen LogP contribution < -0.4 is 10.6 Å². The largest absolute Gasteiger partial charge is 0.395 e. The van der Waals surface area contributed by atoms with E-state index >= 15 is 0 Å². The van der Waals surface area contributed by atoms with E-state index in [1.807, 2.05) is 59.2 Å². The number of para-hydroxylation sites is 2. The van der Waals surface area contributed by atoms with Crippen molar-refractivity contribution in [3.8, 4) is 0 Å². The zero-order valence-electron chi connectivity index (χ0n) is 13.3. The number of benzene rings is 2. The Balaban J connectivity index is 1.74. The van der Waals surface area contributed by atoms with Gasteiger partial charge in [-0.05, 0) is 17.7 Å². The second kappa shape index (κ2) is 7.61. The number of rotatable bonds is 7. The third-order valence-corrected chi connectivity index (χ3v) is 3.68. The number of nitrogens with one attached hydrogen (secondary N) is 2. The molecule has 3 N–H and O–H groups in total. The summed E-state index contributed by atoms with van der Waals surface area (Å²) in [6, 6.07) is 17.4. The van der Waals surface area contributed by atoms with E-state index < -0.39 is 0 Å². The van der Waals surface area contributed by atoms with Crippen molar-refractivity contribution in [3.05, 3.63) is 60.2 Å². The van der Waals surface area contributed by atoms with Crippen molar-refractivity contribution in [1.82, 2.24) is 14.9 Å². The van der Waals surface area contributed by atoms with Crippen LogP contribution in [0.2, 0.25) is 0 Å². The fourth-order valence-corrected chi connectivity index (χ4v) is 2.53. The van der Waals surface area contributed by atoms with Gasteiger partial charge in [0.25, 0.3) is 0 Å². The van der Waals surface area contributed by atoms with Crippen LogP contribution in [-0.2, 0) is 17.9 Å². The molecule has 124 valence electrons. The predicted octanol–water partition coefficient (Wildman–Crippen LogP) is 1.76. The fraction of sp³-hybridized carbons (Fsp3) is 0.222. The zero-order valence-corrected chi connectivity index (χ0v) is 13.3. The summed E-state index contributed by atoms with van der Waals surface area (Å²) in [5, 5.41) is 15.0. The van der Waals surface area contributed by atoms with Gasteiger partial charge in [-0.1, -0.05) is 42.5 Å². The van der Waals surface area contributed by atoms with Gasteiger partial charge in [0.1, 0.15) is 6.54 Å². The van der Waals surface area contributed by atoms with Crippen LogP contribution in [0, 0.1) is 0 Å². The monoisotopic (exact) mass is 324 g/mol. The number of hydrogen-bond donors (Lipinski definition) is 3. The summed E-state index contributed by atoms with van der Waals surface area (Å²) in [6.07, 6.45) is 0. The van der Waals surface area contributed by atoms with Crippen LogP contribution in [0.3, 0.4) is 0 Å². The van der Waals surface area contributed by atoms with Crippen LogP contribution in [-0.4, -0.2) is 33.7 Å². The molecule has 0 fully saturated rings. The Bertz CT molecular complexity index is 814. The second-order valence-corrected chi connectivity index (χ2v) is 5.42. The molecule has 3 rings (SSSR count). The molecule has 6 heteroatoms. The first-order valence-electron chi connectivity index (χ1n) is 7.88. The number of carbonyl (C=O) groups is 1. The van der Waals surface area contributed by atoms with Crippen molar-refractivity contribution >= 4 is 22.9 Å². The Hall–Kier alpha value is -2.86. The maximum absolute atomic E-state index is 12.3. The molecule has 0 aliphatic heterocycles. The quantitative estimate of drug-likeness (QED) is 0.619. The summed E-state index contributed by atoms with van der Waals surface area (Å²) in [5.74, 6) is 0.495. The first-order valence-corrected chi connectivity index (χ1v) is 7.88. The molecular formula is C18H20N4O2. The number of imidazole rings is 1. The normalized spacial score (nSPS) is 10.7. The Labute approximate surface area is 140 Å². The van der Waals surface area contributed by atoms with E-state index in [1.165, 1.54) is 0 Å². The predicted molar refractivity (Wildman–Crippen MR) is 93.6 cm³/mol. The minimum atomic E-state index is -0.0888. The minimum absolute atomic E-state index is 0.00338. The van der Waals surface area contributed by atoms with E-state index in [9.17, 15) is 4.79 Å². The molecule has 3 aromatic rings. The van der Waals surface area contributed by atoms with Gasteiger partial charge in [0.15, 0.2) is 0 Å². The van der Waals surface area contributed by atoms with E-state index in [0.717, 1.165) is 16.6 Å². The smallest absolute Gasteiger partial charge is 0.240 e. The summed E-state index contributed by atoms with van der Waals surface area (Å²) in [7, 11) is 0. The number of amides is 1. The first kappa shape index (κ1) is 16.0. The highest BCUT2D eigenvalue weighted by atomic mass is 16.3. The highest BCUT2D eigenvalue weighted by Gasteiger charge is 2.13. The lowest BCUT2D eigenvalue weighted by Crippen LogP contribution is -2.27. The maximum Gasteiger partial charge on any atom is 0.240 e. The van der Waals surface area contributed by atoms with Crippen LogP contribution in [0.5, 0.6) is 0 Å². The molecule has 0 aliphatic rings. The van der Waals surface area contributed by atoms with E-state index in [4.69, 9.17) is 5.11 Å². The van der Waals surface area contributed by atoms with Crippen LogP contribution >= 0.6 is 0 Å². The first-order chi connectivity index (χ1) is 11.8. The SMILES string of the molecule is O=C(Cn1c(NCCO)nc2ccccc21)NCc1ccccc1. The molecular weight excluding hydrogens is 304 g/mol. The van der Waals surface area contributed by atoms with E-state index in [1.54, 1.807) is 0 Å². The minimum Gasteiger partial charge on any atom is -0.395 e. The highest BCUT2D eigenvalue weighted by Crippen LogP contribution is 2.19. The van der Waals surface area contributed by atoms with E-state index in [-0.39, 0.29) is 19.1 Å². The number of aliphatic hydroxyl groups excluding tert-OH is 1. The summed E-state index contributed by atoms with van der Waals surface area (Å²) < 4.78 is 1.82. The van der Waals surface area contributed by atoms with E-state index in [2.05, 4.69) is 15.6 Å². The standard InChI is InChI=1S/C18H20N4O2/c23-11-10-19-18-21-15-8-4-5-9-16(15)22(18)13-17(24)20-12-14-6-2-1-3-7-14/h1-9,23H,10-13H2,(H,19,21)(H,20,24). The summed E-state index contributed by atoms with van der Waals surface area (Å²) in [4.78, 5) is 16.8. The average Bonchev–Trinajstić information content (AvgIpc) is 2.97. The van der Waals surface area contributed by atoms with Gasteiger partial charge in [-0.2, -0.15) is 0 Å². The molecule has 0 spiro atoms. The number of aliphatic hydroxyl groups is 1. The summed E-state index contributed by atoms with van der Waals surface area (Å²) in [6.45, 7) is 1.05. The lowest BCUT2D eigenvalue weighted by Gasteiger charge is -2.11. The Morgan fingerprint density at radius 1 is 1.08 bits per heavy atom. The molecule has 1 aromatic heterocycles. The van der Waals surface area contributed by atoms with Crippen LogP contribution in [0.25, 0.3) is 11.0 Å². The number of aromatic nitrogens is 2. The van der Waals surface area contributed by atoms with Crippen molar-refractivity contribution in [1.29, 1.82) is 0 Å². The van der Waals surface area contributed by atoms with Gasteiger partial charge in [-0.15, -0.1) is 0 Å². The highest BCUT2D eigenvalue weighted by molar-refractivity contribution is 5.83. The van der Waals surface area contributed by atoms with Crippen molar-refractivity contribution < 1.29 is 9.90 Å². The van der Waals surface area contributed by atoms with Crippen molar-refractivity contribution in [2.75, 3.05) is 18.5 Å². The topological polar surface area (TPSA) is 79.2 Å². The number of fused-ring (bicyclic) bond motifs is 1. The average molecular weight is 324 g/mol. The van der Waals surface area contributed by atoms with Crippen LogP contribution in [0.4, 0.5) is 5.95 Å². The molecule has 0 atom stereocenters. The molecule has 0 bridgehead atoms. The Kier molecular flexibility index (Phi) is 5.08. The number of nitrogens with zero attached hydrogens (tertiary/aromatic N) is 2. The van der Waals surface area contributed by atoms with Gasteiger partial charge >= 0.3 is 0 Å². The van der Waals surface area contributed by atoms with E-state index in [0.29, 0.717) is 19.0 Å². The van der Waals surface area contributed by atoms with Gasteiger partial charge in [-0.25, -0.2) is 4.98 Å². The number of carbonyl (C=O) groups excluding carboxylic acids is 1. The van der Waals surface area contributed by atoms with Gasteiger partial charge in [0, 0.05) is 13.1 Å². The summed E-state index contributed by atoms with van der Waals surface area (Å²) >= 11 is 0. The molecule has 24 heavy (non-hydrogen) atoms. The Morgan fingerprint density at radius 3 is 2.62 bits per heavy atom. The molecule has 1 heterocycles. The van der Waals surface area contributed by atoms with Crippen molar-refractivity contribution in [2.45, 2.75) is 13.1 Å². The molecule has 0 aliphatic carbocycles. The molecule has 0 saturated carbocycles. The summed E-state index contributed by atoms with van der Waals surface area (Å²) in [5.41, 5.74) is 2.75. The van der Waals surface area contributed by atoms with Gasteiger partial charge < -0.3 is 20.3 Å². The van der Waals surface area contributed by atoms with Crippen LogP contribution in [0.1, 0.15) is 5.56 Å². The molecule has 0 saturated heterocycles. The molecule has 0 radical (unpaired) electrons. The van der Waals surface area contributed by atoms with Crippen molar-refractivity contribution in [2.24, 2.45) is 0 Å². The second-order valence-electron chi connectivity index (χ2n) is 5.42.